The minimum Gasteiger partial charge on any atom is -0.487 e. The van der Waals surface area contributed by atoms with Gasteiger partial charge in [-0.2, -0.15) is 5.10 Å². The highest BCUT2D eigenvalue weighted by atomic mass is 35.5. The molecule has 0 fully saturated rings. The highest BCUT2D eigenvalue weighted by Gasteiger charge is 2.13. The van der Waals surface area contributed by atoms with Crippen LogP contribution in [0.15, 0.2) is 18.2 Å². The van der Waals surface area contributed by atoms with Gasteiger partial charge < -0.3 is 10.1 Å². The molecule has 0 amide bonds. The lowest BCUT2D eigenvalue weighted by molar-refractivity contribution is 0.291. The molecule has 0 saturated carbocycles. The molecular weight excluding hydrogens is 309 g/mol. The van der Waals surface area contributed by atoms with Gasteiger partial charge in [0.1, 0.15) is 12.4 Å². The van der Waals surface area contributed by atoms with Crippen molar-refractivity contribution in [2.24, 2.45) is 7.05 Å². The molecule has 6 heteroatoms. The molecule has 0 atom stereocenters. The predicted molar refractivity (Wildman–Crippen MR) is 86.1 cm³/mol. The number of nitrogens with one attached hydrogen (secondary N) is 1. The number of rotatable bonds is 6. The van der Waals surface area contributed by atoms with Gasteiger partial charge in [0, 0.05) is 24.2 Å². The molecule has 0 aliphatic heterocycles. The number of halogens is 2. The summed E-state index contributed by atoms with van der Waals surface area (Å²) in [6.07, 6.45) is 0. The Morgan fingerprint density at radius 3 is 2.71 bits per heavy atom. The monoisotopic (exact) mass is 327 g/mol. The maximum atomic E-state index is 6.25. The van der Waals surface area contributed by atoms with Crippen LogP contribution in [0.25, 0.3) is 0 Å². The van der Waals surface area contributed by atoms with Crippen LogP contribution in [0, 0.1) is 6.92 Å². The van der Waals surface area contributed by atoms with Gasteiger partial charge in [0.05, 0.1) is 16.4 Å². The summed E-state index contributed by atoms with van der Waals surface area (Å²) in [5.74, 6) is 0.762. The van der Waals surface area contributed by atoms with Crippen LogP contribution in [0.1, 0.15) is 23.9 Å². The maximum Gasteiger partial charge on any atom is 0.131 e. The summed E-state index contributed by atoms with van der Waals surface area (Å²) in [5, 5.41) is 8.88. The molecule has 1 heterocycles. The fourth-order valence-corrected chi connectivity index (χ4v) is 2.53. The van der Waals surface area contributed by atoms with E-state index in [4.69, 9.17) is 27.9 Å². The molecule has 4 nitrogen and oxygen atoms in total. The fourth-order valence-electron chi connectivity index (χ4n) is 2.08. The highest BCUT2D eigenvalue weighted by Crippen LogP contribution is 2.28. The predicted octanol–water partition coefficient (Wildman–Crippen LogP) is 3.72. The largest absolute Gasteiger partial charge is 0.487 e. The molecule has 114 valence electrons. The molecular formula is C15H19Cl2N3O. The molecule has 0 radical (unpaired) electrons. The van der Waals surface area contributed by atoms with Gasteiger partial charge in [-0.3, -0.25) is 4.68 Å². The third kappa shape index (κ3) is 3.70. The number of ether oxygens (including phenoxy) is 1. The van der Waals surface area contributed by atoms with E-state index in [1.807, 2.05) is 32.2 Å². The minimum atomic E-state index is 0.357. The molecule has 1 N–H and O–H groups in total. The molecule has 1 aromatic carbocycles. The lowest BCUT2D eigenvalue weighted by Gasteiger charge is -2.13. The van der Waals surface area contributed by atoms with Crippen LogP contribution < -0.4 is 10.1 Å². The van der Waals surface area contributed by atoms with Gasteiger partial charge in [-0.1, -0.05) is 36.2 Å². The molecule has 0 aliphatic carbocycles. The summed E-state index contributed by atoms with van der Waals surface area (Å²) in [7, 11) is 1.86. The summed E-state index contributed by atoms with van der Waals surface area (Å²) < 4.78 is 7.65. The Morgan fingerprint density at radius 2 is 2.10 bits per heavy atom. The Balaban J connectivity index is 2.18. The average Bonchev–Trinajstić information content (AvgIpc) is 2.69. The molecule has 0 bridgehead atoms. The number of hydrogen-bond donors (Lipinski definition) is 1. The first kappa shape index (κ1) is 16.1. The zero-order chi connectivity index (χ0) is 15.4. The number of aryl methyl sites for hydroxylation is 2. The zero-order valence-electron chi connectivity index (χ0n) is 12.4. The van der Waals surface area contributed by atoms with Gasteiger partial charge >= 0.3 is 0 Å². The Hall–Kier alpha value is -1.23. The molecule has 0 saturated heterocycles. The summed E-state index contributed by atoms with van der Waals surface area (Å²) in [6, 6.07) is 5.65. The molecule has 0 unspecified atom stereocenters. The molecule has 2 aromatic rings. The normalized spacial score (nSPS) is 10.9. The van der Waals surface area contributed by atoms with Gasteiger partial charge in [0.2, 0.25) is 0 Å². The fraction of sp³-hybridized carbons (Fsp3) is 0.400. The average molecular weight is 328 g/mol. The third-order valence-electron chi connectivity index (χ3n) is 3.25. The number of aromatic nitrogens is 2. The maximum absolute atomic E-state index is 6.25. The van der Waals surface area contributed by atoms with E-state index in [2.05, 4.69) is 17.3 Å². The summed E-state index contributed by atoms with van der Waals surface area (Å²) >= 11 is 12.5. The molecule has 21 heavy (non-hydrogen) atoms. The van der Waals surface area contributed by atoms with E-state index in [9.17, 15) is 0 Å². The van der Waals surface area contributed by atoms with Crippen LogP contribution in [0.3, 0.4) is 0 Å². The van der Waals surface area contributed by atoms with E-state index < -0.39 is 0 Å². The highest BCUT2D eigenvalue weighted by molar-refractivity contribution is 6.32. The topological polar surface area (TPSA) is 39.1 Å². The van der Waals surface area contributed by atoms with Gasteiger partial charge in [0.25, 0.3) is 0 Å². The van der Waals surface area contributed by atoms with E-state index in [0.717, 1.165) is 29.2 Å². The van der Waals surface area contributed by atoms with Crippen LogP contribution in [-0.4, -0.2) is 16.3 Å². The molecule has 0 spiro atoms. The Morgan fingerprint density at radius 1 is 1.33 bits per heavy atom. The first-order chi connectivity index (χ1) is 10.0. The van der Waals surface area contributed by atoms with Crippen LogP contribution >= 0.6 is 23.2 Å². The Labute approximate surface area is 135 Å². The van der Waals surface area contributed by atoms with Crippen molar-refractivity contribution in [2.75, 3.05) is 6.54 Å². The molecule has 1 aromatic heterocycles. The van der Waals surface area contributed by atoms with Crippen molar-refractivity contribution in [2.45, 2.75) is 27.0 Å². The number of hydrogen-bond acceptors (Lipinski definition) is 3. The number of nitrogens with zero attached hydrogens (tertiary/aromatic N) is 2. The summed E-state index contributed by atoms with van der Waals surface area (Å²) in [5.41, 5.74) is 2.61. The standard InChI is InChI=1S/C15H19Cl2N3O/c1-4-18-8-11-12(16)6-5-7-14(11)21-9-13-15(17)10(2)19-20(13)3/h5-7,18H,4,8-9H2,1-3H3. The van der Waals surface area contributed by atoms with Crippen LogP contribution in [0.4, 0.5) is 0 Å². The van der Waals surface area contributed by atoms with Crippen LogP contribution in [0.5, 0.6) is 5.75 Å². The first-order valence-electron chi connectivity index (χ1n) is 6.83. The van der Waals surface area contributed by atoms with Crippen LogP contribution in [0.2, 0.25) is 10.0 Å². The van der Waals surface area contributed by atoms with Crippen LogP contribution in [-0.2, 0) is 20.2 Å². The second-order valence-corrected chi connectivity index (χ2v) is 5.54. The smallest absolute Gasteiger partial charge is 0.131 e. The lowest BCUT2D eigenvalue weighted by Crippen LogP contribution is -2.13. The van der Waals surface area contributed by atoms with E-state index >= 15 is 0 Å². The Bertz CT molecular complexity index is 626. The van der Waals surface area contributed by atoms with Gasteiger partial charge in [0.15, 0.2) is 0 Å². The van der Waals surface area contributed by atoms with Gasteiger partial charge in [-0.15, -0.1) is 0 Å². The molecule has 2 rings (SSSR count). The van der Waals surface area contributed by atoms with E-state index in [1.165, 1.54) is 0 Å². The van der Waals surface area contributed by atoms with Gasteiger partial charge in [-0.05, 0) is 25.6 Å². The van der Waals surface area contributed by atoms with Crippen molar-refractivity contribution in [3.8, 4) is 5.75 Å². The van der Waals surface area contributed by atoms with E-state index in [-0.39, 0.29) is 0 Å². The summed E-state index contributed by atoms with van der Waals surface area (Å²) in [4.78, 5) is 0. The minimum absolute atomic E-state index is 0.357. The molecule has 0 aliphatic rings. The quantitative estimate of drug-likeness (QED) is 0.878. The lowest BCUT2D eigenvalue weighted by atomic mass is 10.2. The first-order valence-corrected chi connectivity index (χ1v) is 7.59. The van der Waals surface area contributed by atoms with Crippen molar-refractivity contribution in [1.82, 2.24) is 15.1 Å². The van der Waals surface area contributed by atoms with Crippen molar-refractivity contribution in [3.05, 3.63) is 45.2 Å². The SMILES string of the molecule is CCNCc1c(Cl)cccc1OCc1c(Cl)c(C)nn1C. The second-order valence-electron chi connectivity index (χ2n) is 4.76. The van der Waals surface area contributed by atoms with E-state index in [0.29, 0.717) is 23.2 Å². The Kier molecular flexibility index (Phi) is 5.51. The van der Waals surface area contributed by atoms with Crippen molar-refractivity contribution in [3.63, 3.8) is 0 Å². The second kappa shape index (κ2) is 7.16. The van der Waals surface area contributed by atoms with E-state index in [1.54, 1.807) is 4.68 Å². The zero-order valence-corrected chi connectivity index (χ0v) is 13.9. The summed E-state index contributed by atoms with van der Waals surface area (Å²) in [6.45, 7) is 5.83. The van der Waals surface area contributed by atoms with Crippen molar-refractivity contribution >= 4 is 23.2 Å². The van der Waals surface area contributed by atoms with Crippen molar-refractivity contribution < 1.29 is 4.74 Å². The number of benzene rings is 1. The van der Waals surface area contributed by atoms with Crippen molar-refractivity contribution in [1.29, 1.82) is 0 Å². The third-order valence-corrected chi connectivity index (χ3v) is 4.10. The van der Waals surface area contributed by atoms with Gasteiger partial charge in [-0.25, -0.2) is 0 Å².